The molecule has 1 amide bonds. The van der Waals surface area contributed by atoms with E-state index in [9.17, 15) is 9.18 Å². The van der Waals surface area contributed by atoms with Gasteiger partial charge >= 0.3 is 0 Å². The molecule has 0 aliphatic carbocycles. The number of hydrogen-bond acceptors (Lipinski definition) is 1. The van der Waals surface area contributed by atoms with E-state index >= 15 is 0 Å². The normalized spacial score (nSPS) is 10.4. The van der Waals surface area contributed by atoms with Crippen molar-refractivity contribution in [2.45, 2.75) is 25.7 Å². The number of amides is 1. The van der Waals surface area contributed by atoms with Crippen molar-refractivity contribution in [3.05, 3.63) is 34.6 Å². The summed E-state index contributed by atoms with van der Waals surface area (Å²) < 4.78 is 13.5. The minimum atomic E-state index is -0.668. The quantitative estimate of drug-likeness (QED) is 0.597. The van der Waals surface area contributed by atoms with Gasteiger partial charge < -0.3 is 5.32 Å². The molecule has 0 radical (unpaired) electrons. The van der Waals surface area contributed by atoms with Crippen LogP contribution in [0.4, 0.5) is 4.39 Å². The fraction of sp³-hybridized carbons (Fsp3) is 0.462. The predicted octanol–water partition coefficient (Wildman–Crippen LogP) is 4.01. The van der Waals surface area contributed by atoms with Gasteiger partial charge in [0.15, 0.2) is 5.82 Å². The van der Waals surface area contributed by atoms with E-state index in [0.717, 1.165) is 25.7 Å². The average molecular weight is 292 g/mol. The summed E-state index contributed by atoms with van der Waals surface area (Å²) in [6.45, 7) is 0.535. The summed E-state index contributed by atoms with van der Waals surface area (Å²) in [5, 5.41) is 2.64. The van der Waals surface area contributed by atoms with Crippen molar-refractivity contribution in [3.8, 4) is 0 Å². The highest BCUT2D eigenvalue weighted by Crippen LogP contribution is 2.17. The lowest BCUT2D eigenvalue weighted by molar-refractivity contribution is 0.0949. The van der Waals surface area contributed by atoms with Crippen LogP contribution in [0.25, 0.3) is 0 Å². The van der Waals surface area contributed by atoms with Crippen LogP contribution in [0.15, 0.2) is 18.2 Å². The van der Waals surface area contributed by atoms with Gasteiger partial charge in [-0.05, 0) is 25.0 Å². The molecule has 2 nitrogen and oxygen atoms in total. The van der Waals surface area contributed by atoms with Crippen molar-refractivity contribution in [2.75, 3.05) is 12.4 Å². The Labute approximate surface area is 116 Å². The first-order valence-electron chi connectivity index (χ1n) is 5.95. The van der Waals surface area contributed by atoms with Gasteiger partial charge in [-0.2, -0.15) is 0 Å². The van der Waals surface area contributed by atoms with E-state index in [1.165, 1.54) is 12.1 Å². The number of nitrogens with one attached hydrogen (secondary N) is 1. The third-order valence-corrected chi connectivity index (χ3v) is 3.10. The molecule has 0 aromatic heterocycles. The highest BCUT2D eigenvalue weighted by atomic mass is 35.5. The third kappa shape index (κ3) is 4.83. The summed E-state index contributed by atoms with van der Waals surface area (Å²) in [5.74, 6) is -0.425. The lowest BCUT2D eigenvalue weighted by Gasteiger charge is -2.06. The Hall–Kier alpha value is -0.800. The summed E-state index contributed by atoms with van der Waals surface area (Å²) >= 11 is 11.2. The number of benzene rings is 1. The Morgan fingerprint density at radius 1 is 1.22 bits per heavy atom. The second kappa shape index (κ2) is 8.33. The van der Waals surface area contributed by atoms with Gasteiger partial charge in [0.05, 0.1) is 10.6 Å². The molecule has 0 spiro atoms. The highest BCUT2D eigenvalue weighted by molar-refractivity contribution is 6.31. The maximum atomic E-state index is 13.5. The van der Waals surface area contributed by atoms with Crippen molar-refractivity contribution < 1.29 is 9.18 Å². The van der Waals surface area contributed by atoms with Gasteiger partial charge in [0.2, 0.25) is 0 Å². The number of hydrogen-bond donors (Lipinski definition) is 1. The molecule has 18 heavy (non-hydrogen) atoms. The van der Waals surface area contributed by atoms with E-state index in [2.05, 4.69) is 5.32 Å². The fourth-order valence-electron chi connectivity index (χ4n) is 1.55. The Morgan fingerprint density at radius 2 is 1.94 bits per heavy atom. The van der Waals surface area contributed by atoms with Gasteiger partial charge in [-0.25, -0.2) is 4.39 Å². The monoisotopic (exact) mass is 291 g/mol. The molecule has 1 aromatic carbocycles. The molecule has 1 aromatic rings. The molecule has 1 rings (SSSR count). The SMILES string of the molecule is O=C(NCCCCCCCl)c1cccc(Cl)c1F. The van der Waals surface area contributed by atoms with Crippen LogP contribution in [0, 0.1) is 5.82 Å². The van der Waals surface area contributed by atoms with E-state index in [1.54, 1.807) is 6.07 Å². The average Bonchev–Trinajstić information content (AvgIpc) is 2.36. The first kappa shape index (κ1) is 15.3. The first-order chi connectivity index (χ1) is 8.66. The van der Waals surface area contributed by atoms with E-state index in [-0.39, 0.29) is 10.6 Å². The van der Waals surface area contributed by atoms with Crippen molar-refractivity contribution >= 4 is 29.1 Å². The van der Waals surface area contributed by atoms with Crippen molar-refractivity contribution in [2.24, 2.45) is 0 Å². The van der Waals surface area contributed by atoms with Gasteiger partial charge in [0.1, 0.15) is 0 Å². The number of carbonyl (C=O) groups is 1. The van der Waals surface area contributed by atoms with Gasteiger partial charge in [0, 0.05) is 12.4 Å². The Morgan fingerprint density at radius 3 is 2.67 bits per heavy atom. The van der Waals surface area contributed by atoms with E-state index in [1.807, 2.05) is 0 Å². The number of carbonyl (C=O) groups excluding carboxylic acids is 1. The van der Waals surface area contributed by atoms with E-state index < -0.39 is 11.7 Å². The maximum Gasteiger partial charge on any atom is 0.254 e. The molecule has 0 aliphatic rings. The zero-order chi connectivity index (χ0) is 13.4. The molecule has 100 valence electrons. The first-order valence-corrected chi connectivity index (χ1v) is 6.86. The Kier molecular flexibility index (Phi) is 7.06. The second-order valence-corrected chi connectivity index (χ2v) is 4.75. The molecule has 1 N–H and O–H groups in total. The topological polar surface area (TPSA) is 29.1 Å². The summed E-state index contributed by atoms with van der Waals surface area (Å²) in [4.78, 5) is 11.7. The smallest absolute Gasteiger partial charge is 0.254 e. The summed E-state index contributed by atoms with van der Waals surface area (Å²) in [6.07, 6.45) is 3.90. The summed E-state index contributed by atoms with van der Waals surface area (Å²) in [5.41, 5.74) is -0.0109. The number of unbranched alkanes of at least 4 members (excludes halogenated alkanes) is 3. The number of halogens is 3. The molecule has 0 saturated carbocycles. The summed E-state index contributed by atoms with van der Waals surface area (Å²) in [6, 6.07) is 4.39. The zero-order valence-electron chi connectivity index (χ0n) is 10.0. The molecular formula is C13H16Cl2FNO. The molecule has 0 fully saturated rings. The van der Waals surface area contributed by atoms with Crippen molar-refractivity contribution in [1.29, 1.82) is 0 Å². The zero-order valence-corrected chi connectivity index (χ0v) is 11.5. The minimum Gasteiger partial charge on any atom is -0.352 e. The van der Waals surface area contributed by atoms with Crippen LogP contribution < -0.4 is 5.32 Å². The van der Waals surface area contributed by atoms with Gasteiger partial charge in [-0.1, -0.05) is 30.5 Å². The standard InChI is InChI=1S/C13H16Cl2FNO/c14-8-3-1-2-4-9-17-13(18)10-6-5-7-11(15)12(10)16/h5-7H,1-4,8-9H2,(H,17,18). The van der Waals surface area contributed by atoms with Crippen LogP contribution in [-0.2, 0) is 0 Å². The van der Waals surface area contributed by atoms with Gasteiger partial charge in [0.25, 0.3) is 5.91 Å². The molecule has 0 bridgehead atoms. The van der Waals surface area contributed by atoms with Crippen LogP contribution in [0.3, 0.4) is 0 Å². The molecule has 0 atom stereocenters. The van der Waals surface area contributed by atoms with Crippen molar-refractivity contribution in [1.82, 2.24) is 5.32 Å². The predicted molar refractivity (Wildman–Crippen MR) is 72.9 cm³/mol. The van der Waals surface area contributed by atoms with E-state index in [0.29, 0.717) is 12.4 Å². The lowest BCUT2D eigenvalue weighted by Crippen LogP contribution is -2.25. The highest BCUT2D eigenvalue weighted by Gasteiger charge is 2.13. The Balaban J connectivity index is 2.35. The molecule has 5 heteroatoms. The molecule has 0 heterocycles. The van der Waals surface area contributed by atoms with Crippen LogP contribution >= 0.6 is 23.2 Å². The van der Waals surface area contributed by atoms with Crippen LogP contribution in [0.2, 0.25) is 5.02 Å². The largest absolute Gasteiger partial charge is 0.352 e. The van der Waals surface area contributed by atoms with Crippen LogP contribution in [-0.4, -0.2) is 18.3 Å². The minimum absolute atomic E-state index is 0.0109. The maximum absolute atomic E-state index is 13.5. The molecule has 0 aliphatic heterocycles. The third-order valence-electron chi connectivity index (χ3n) is 2.54. The van der Waals surface area contributed by atoms with Gasteiger partial charge in [-0.15, -0.1) is 11.6 Å². The van der Waals surface area contributed by atoms with Crippen molar-refractivity contribution in [3.63, 3.8) is 0 Å². The molecular weight excluding hydrogens is 276 g/mol. The lowest BCUT2D eigenvalue weighted by atomic mass is 10.2. The molecule has 0 unspecified atom stereocenters. The fourth-order valence-corrected chi connectivity index (χ4v) is 1.91. The number of rotatable bonds is 7. The second-order valence-electron chi connectivity index (χ2n) is 3.96. The van der Waals surface area contributed by atoms with E-state index in [4.69, 9.17) is 23.2 Å². The van der Waals surface area contributed by atoms with Crippen LogP contribution in [0.5, 0.6) is 0 Å². The Bertz CT molecular complexity index is 399. The summed E-state index contributed by atoms with van der Waals surface area (Å²) in [7, 11) is 0. The number of alkyl halides is 1. The molecule has 0 saturated heterocycles. The van der Waals surface area contributed by atoms with Crippen LogP contribution in [0.1, 0.15) is 36.0 Å². The van der Waals surface area contributed by atoms with Gasteiger partial charge in [-0.3, -0.25) is 4.79 Å².